The molecule has 1 saturated heterocycles. The van der Waals surface area contributed by atoms with Crippen molar-refractivity contribution in [3.05, 3.63) is 0 Å². The molecule has 10 atom stereocenters. The minimum Gasteiger partial charge on any atom is -0.392 e. The van der Waals surface area contributed by atoms with Gasteiger partial charge in [-0.25, -0.2) is 0 Å². The van der Waals surface area contributed by atoms with Gasteiger partial charge in [0.1, 0.15) is 0 Å². The Kier molecular flexibility index (Phi) is 4.90. The molecule has 5 aliphatic rings. The van der Waals surface area contributed by atoms with Crippen LogP contribution in [-0.2, 0) is 0 Å². The molecule has 0 bridgehead atoms. The number of rotatable bonds is 1. The summed E-state index contributed by atoms with van der Waals surface area (Å²) in [6.07, 6.45) is 11.6. The first-order valence-electron chi connectivity index (χ1n) is 12.2. The minimum absolute atomic E-state index is 0.0522. The Balaban J connectivity index is 1.40. The number of nitrogens with zero attached hydrogens (tertiary/aromatic N) is 1. The Morgan fingerprint density at radius 2 is 1.64 bits per heavy atom. The van der Waals surface area contributed by atoms with Gasteiger partial charge in [0.15, 0.2) is 0 Å². The van der Waals surface area contributed by atoms with Crippen molar-refractivity contribution in [2.24, 2.45) is 40.2 Å². The molecule has 5 rings (SSSR count). The predicted molar refractivity (Wildman–Crippen MR) is 112 cm³/mol. The molecule has 4 aliphatic carbocycles. The fourth-order valence-corrected chi connectivity index (χ4v) is 8.94. The van der Waals surface area contributed by atoms with Crippen LogP contribution in [0.25, 0.3) is 0 Å². The summed E-state index contributed by atoms with van der Waals surface area (Å²) < 4.78 is 0. The third-order valence-electron chi connectivity index (χ3n) is 10.6. The first-order chi connectivity index (χ1) is 13.3. The van der Waals surface area contributed by atoms with Crippen molar-refractivity contribution in [1.82, 2.24) is 4.90 Å². The molecular formula is C24H42N2O2. The summed E-state index contributed by atoms with van der Waals surface area (Å²) >= 11 is 0. The Hall–Kier alpha value is -0.160. The quantitative estimate of drug-likeness (QED) is 0.643. The zero-order valence-electron chi connectivity index (χ0n) is 18.0. The van der Waals surface area contributed by atoms with Gasteiger partial charge in [-0.05, 0) is 105 Å². The Labute approximate surface area is 171 Å². The molecule has 0 amide bonds. The van der Waals surface area contributed by atoms with Crippen LogP contribution in [0.3, 0.4) is 0 Å². The molecule has 0 aromatic rings. The van der Waals surface area contributed by atoms with Crippen LogP contribution in [0.5, 0.6) is 0 Å². The van der Waals surface area contributed by atoms with E-state index in [1.54, 1.807) is 0 Å². The van der Waals surface area contributed by atoms with Crippen LogP contribution in [0.4, 0.5) is 0 Å². The second kappa shape index (κ2) is 6.93. The summed E-state index contributed by atoms with van der Waals surface area (Å²) in [5.74, 6) is 2.77. The van der Waals surface area contributed by atoms with Gasteiger partial charge in [-0.15, -0.1) is 0 Å². The molecular weight excluding hydrogens is 348 g/mol. The van der Waals surface area contributed by atoms with Crippen molar-refractivity contribution >= 4 is 0 Å². The van der Waals surface area contributed by atoms with Crippen LogP contribution < -0.4 is 5.73 Å². The van der Waals surface area contributed by atoms with E-state index >= 15 is 0 Å². The van der Waals surface area contributed by atoms with Gasteiger partial charge in [0, 0.05) is 12.1 Å². The molecule has 4 nitrogen and oxygen atoms in total. The molecule has 1 aliphatic heterocycles. The average Bonchev–Trinajstić information content (AvgIpc) is 2.95. The van der Waals surface area contributed by atoms with Crippen LogP contribution in [0.2, 0.25) is 0 Å². The van der Waals surface area contributed by atoms with Crippen molar-refractivity contribution in [2.45, 2.75) is 102 Å². The molecule has 5 fully saturated rings. The number of fused-ring (bicyclic) bond motifs is 5. The van der Waals surface area contributed by atoms with E-state index in [0.717, 1.165) is 24.7 Å². The Morgan fingerprint density at radius 3 is 2.39 bits per heavy atom. The Morgan fingerprint density at radius 1 is 0.893 bits per heavy atom. The van der Waals surface area contributed by atoms with E-state index < -0.39 is 0 Å². The molecule has 0 aromatic carbocycles. The molecule has 0 aromatic heterocycles. The summed E-state index contributed by atoms with van der Waals surface area (Å²) in [7, 11) is 0. The van der Waals surface area contributed by atoms with Crippen molar-refractivity contribution in [2.75, 3.05) is 13.1 Å². The van der Waals surface area contributed by atoms with Gasteiger partial charge in [0.25, 0.3) is 0 Å². The lowest BCUT2D eigenvalue weighted by atomic mass is 9.44. The maximum absolute atomic E-state index is 11.5. The zero-order valence-corrected chi connectivity index (χ0v) is 18.0. The van der Waals surface area contributed by atoms with Crippen LogP contribution in [0, 0.1) is 34.5 Å². The van der Waals surface area contributed by atoms with Gasteiger partial charge in [0.2, 0.25) is 0 Å². The van der Waals surface area contributed by atoms with Crippen LogP contribution >= 0.6 is 0 Å². The lowest BCUT2D eigenvalue weighted by Crippen LogP contribution is -2.58. The number of hydrogen-bond acceptors (Lipinski definition) is 4. The predicted octanol–water partition coefficient (Wildman–Crippen LogP) is 3.15. The number of likely N-dealkylation sites (tertiary alicyclic amines) is 1. The van der Waals surface area contributed by atoms with Gasteiger partial charge in [0.05, 0.1) is 12.2 Å². The van der Waals surface area contributed by atoms with Crippen LogP contribution in [-0.4, -0.2) is 52.5 Å². The Bertz CT molecular complexity index is 593. The van der Waals surface area contributed by atoms with E-state index in [9.17, 15) is 10.2 Å². The van der Waals surface area contributed by atoms with Crippen molar-refractivity contribution in [3.8, 4) is 0 Å². The van der Waals surface area contributed by atoms with Gasteiger partial charge in [-0.1, -0.05) is 20.3 Å². The number of nitrogens with two attached hydrogens (primary N) is 1. The van der Waals surface area contributed by atoms with E-state index in [1.807, 2.05) is 0 Å². The van der Waals surface area contributed by atoms with Crippen molar-refractivity contribution in [3.63, 3.8) is 0 Å². The topological polar surface area (TPSA) is 69.7 Å². The van der Waals surface area contributed by atoms with Crippen molar-refractivity contribution < 1.29 is 10.2 Å². The van der Waals surface area contributed by atoms with Gasteiger partial charge < -0.3 is 15.9 Å². The highest BCUT2D eigenvalue weighted by molar-refractivity contribution is 5.13. The lowest BCUT2D eigenvalue weighted by Gasteiger charge is -2.61. The highest BCUT2D eigenvalue weighted by atomic mass is 16.3. The van der Waals surface area contributed by atoms with Gasteiger partial charge in [-0.2, -0.15) is 0 Å². The molecule has 4 N–H and O–H groups in total. The molecule has 28 heavy (non-hydrogen) atoms. The molecule has 4 heteroatoms. The molecule has 160 valence electrons. The van der Waals surface area contributed by atoms with Crippen LogP contribution in [0.1, 0.15) is 78.1 Å². The molecule has 0 unspecified atom stereocenters. The molecule has 1 heterocycles. The maximum Gasteiger partial charge on any atom is 0.0751 e. The summed E-state index contributed by atoms with van der Waals surface area (Å²) in [6.45, 7) is 7.28. The summed E-state index contributed by atoms with van der Waals surface area (Å²) in [4.78, 5) is 2.63. The van der Waals surface area contributed by atoms with Crippen LogP contribution in [0.15, 0.2) is 0 Å². The van der Waals surface area contributed by atoms with E-state index in [1.165, 1.54) is 64.5 Å². The number of piperidine rings is 1. The minimum atomic E-state index is -0.305. The smallest absolute Gasteiger partial charge is 0.0751 e. The highest BCUT2D eigenvalue weighted by Crippen LogP contribution is 2.66. The summed E-state index contributed by atoms with van der Waals surface area (Å²) in [5.41, 5.74) is 6.76. The maximum atomic E-state index is 11.5. The monoisotopic (exact) mass is 390 g/mol. The van der Waals surface area contributed by atoms with E-state index in [-0.39, 0.29) is 29.1 Å². The third-order valence-corrected chi connectivity index (χ3v) is 10.6. The lowest BCUT2D eigenvalue weighted by molar-refractivity contribution is -0.139. The second-order valence-electron chi connectivity index (χ2n) is 11.7. The average molecular weight is 391 g/mol. The zero-order chi connectivity index (χ0) is 19.7. The summed E-state index contributed by atoms with van der Waals surface area (Å²) in [6, 6.07) is 0.332. The fourth-order valence-electron chi connectivity index (χ4n) is 8.94. The first kappa shape index (κ1) is 19.8. The fraction of sp³-hybridized carbons (Fsp3) is 1.00. The molecule has 4 saturated carbocycles. The summed E-state index contributed by atoms with van der Waals surface area (Å²) in [5, 5.41) is 21.8. The number of hydrogen-bond donors (Lipinski definition) is 3. The standard InChI is InChI=1S/C24H42N2O2/c1-23-9-8-17-16(7-6-15-12-21(27)19(25)14-24(15,17)2)18(23)13-20(22(23)28)26-10-4-3-5-11-26/h15-22,27-28H,3-14,25H2,1-2H3/t15-,16+,17-,18-,19-,20-,21-,22-,23-,24-/m0/s1. The van der Waals surface area contributed by atoms with E-state index in [4.69, 9.17) is 5.73 Å². The normalized spacial score (nSPS) is 57.3. The molecule has 0 spiro atoms. The number of aliphatic hydroxyl groups excluding tert-OH is 2. The van der Waals surface area contributed by atoms with Gasteiger partial charge >= 0.3 is 0 Å². The van der Waals surface area contributed by atoms with E-state index in [0.29, 0.717) is 17.9 Å². The first-order valence-corrected chi connectivity index (χ1v) is 12.2. The third kappa shape index (κ3) is 2.77. The second-order valence-corrected chi connectivity index (χ2v) is 11.7. The van der Waals surface area contributed by atoms with Gasteiger partial charge in [-0.3, -0.25) is 4.90 Å². The van der Waals surface area contributed by atoms with E-state index in [2.05, 4.69) is 18.7 Å². The highest BCUT2D eigenvalue weighted by Gasteiger charge is 2.63. The SMILES string of the molecule is C[C@]12C[C@H](N)[C@@H](O)C[C@@H]1CC[C@@H]1[C@@H]2CC[C@]2(C)[C@@H](O)[C@@H](N3CCCCC3)C[C@@H]12. The van der Waals surface area contributed by atoms with Crippen molar-refractivity contribution in [1.29, 1.82) is 0 Å². The largest absolute Gasteiger partial charge is 0.392 e. The number of aliphatic hydroxyl groups is 2. The molecule has 0 radical (unpaired) electrons.